The van der Waals surface area contributed by atoms with E-state index in [1.54, 1.807) is 23.7 Å². The van der Waals surface area contributed by atoms with E-state index in [4.69, 9.17) is 4.74 Å². The predicted octanol–water partition coefficient (Wildman–Crippen LogP) is 5.03. The van der Waals surface area contributed by atoms with E-state index in [2.05, 4.69) is 65.9 Å². The van der Waals surface area contributed by atoms with Crippen LogP contribution in [0.3, 0.4) is 0 Å². The molecule has 36 heavy (non-hydrogen) atoms. The zero-order chi connectivity index (χ0) is 26.0. The van der Waals surface area contributed by atoms with Crippen molar-refractivity contribution >= 4 is 16.7 Å². The maximum Gasteiger partial charge on any atom is 0.252 e. The molecule has 7 heteroatoms. The molecule has 0 saturated carbocycles. The first-order valence-corrected chi connectivity index (χ1v) is 13.0. The molecule has 3 heterocycles. The summed E-state index contributed by atoms with van der Waals surface area (Å²) in [6.07, 6.45) is 2.16. The molecule has 1 saturated heterocycles. The zero-order valence-corrected chi connectivity index (χ0v) is 22.2. The van der Waals surface area contributed by atoms with Gasteiger partial charge in [-0.1, -0.05) is 26.0 Å². The lowest BCUT2D eigenvalue weighted by molar-refractivity contribution is 0.0943. The van der Waals surface area contributed by atoms with Gasteiger partial charge in [-0.3, -0.25) is 9.69 Å². The third-order valence-corrected chi connectivity index (χ3v) is 7.27. The number of aryl methyl sites for hydroxylation is 1. The van der Waals surface area contributed by atoms with Gasteiger partial charge in [0.2, 0.25) is 0 Å². The summed E-state index contributed by atoms with van der Waals surface area (Å²) in [5, 5.41) is 9.44. The van der Waals surface area contributed by atoms with Crippen LogP contribution in [0, 0.1) is 11.3 Å². The molecular formula is C29H37N5O2. The highest BCUT2D eigenvalue weighted by Crippen LogP contribution is 2.35. The lowest BCUT2D eigenvalue weighted by Crippen LogP contribution is -2.58. The Kier molecular flexibility index (Phi) is 7.65. The minimum absolute atomic E-state index is 0.0678. The van der Waals surface area contributed by atoms with Crippen molar-refractivity contribution in [1.82, 2.24) is 14.5 Å². The maximum absolute atomic E-state index is 12.8. The summed E-state index contributed by atoms with van der Waals surface area (Å²) in [5.74, 6) is 0.899. The van der Waals surface area contributed by atoms with Crippen molar-refractivity contribution < 1.29 is 4.74 Å². The minimum Gasteiger partial charge on any atom is -0.491 e. The van der Waals surface area contributed by atoms with E-state index in [0.29, 0.717) is 23.3 Å². The number of anilines is 1. The average Bonchev–Trinajstić information content (AvgIpc) is 2.87. The van der Waals surface area contributed by atoms with Crippen molar-refractivity contribution in [2.75, 3.05) is 18.0 Å². The van der Waals surface area contributed by atoms with Crippen LogP contribution in [0.5, 0.6) is 5.75 Å². The third kappa shape index (κ3) is 4.96. The van der Waals surface area contributed by atoms with Gasteiger partial charge in [-0.05, 0) is 63.4 Å². The van der Waals surface area contributed by atoms with Gasteiger partial charge >= 0.3 is 0 Å². The number of nitrogens with zero attached hydrogens (tertiary/aromatic N) is 5. The van der Waals surface area contributed by atoms with Crippen molar-refractivity contribution in [1.29, 1.82) is 5.26 Å². The first-order chi connectivity index (χ1) is 17.3. The average molecular weight is 488 g/mol. The van der Waals surface area contributed by atoms with Gasteiger partial charge < -0.3 is 14.2 Å². The zero-order valence-electron chi connectivity index (χ0n) is 22.2. The Balaban J connectivity index is 1.67. The first kappa shape index (κ1) is 25.7. The van der Waals surface area contributed by atoms with Crippen molar-refractivity contribution in [2.24, 2.45) is 7.05 Å². The molecule has 1 fully saturated rings. The fraction of sp³-hybridized carbons (Fsp3) is 0.483. The molecule has 0 radical (unpaired) electrons. The number of ether oxygens (including phenoxy) is 1. The van der Waals surface area contributed by atoms with Crippen molar-refractivity contribution in [3.05, 3.63) is 64.1 Å². The molecule has 0 aliphatic carbocycles. The van der Waals surface area contributed by atoms with Gasteiger partial charge in [0.05, 0.1) is 17.3 Å². The Morgan fingerprint density at radius 2 is 1.86 bits per heavy atom. The summed E-state index contributed by atoms with van der Waals surface area (Å²) in [7, 11) is 1.75. The molecule has 0 amide bonds. The second kappa shape index (κ2) is 10.7. The molecule has 1 aliphatic rings. The topological polar surface area (TPSA) is 74.4 Å². The quantitative estimate of drug-likeness (QED) is 0.465. The summed E-state index contributed by atoms with van der Waals surface area (Å²) in [6, 6.07) is 16.6. The van der Waals surface area contributed by atoms with E-state index in [1.165, 1.54) is 5.56 Å². The van der Waals surface area contributed by atoms with Gasteiger partial charge in [0.25, 0.3) is 5.56 Å². The number of hydrogen-bond acceptors (Lipinski definition) is 6. The van der Waals surface area contributed by atoms with Crippen LogP contribution in [0.25, 0.3) is 11.0 Å². The number of nitriles is 1. The van der Waals surface area contributed by atoms with E-state index in [9.17, 15) is 10.1 Å². The van der Waals surface area contributed by atoms with Gasteiger partial charge in [-0.2, -0.15) is 5.26 Å². The molecule has 0 N–H and O–H groups in total. The van der Waals surface area contributed by atoms with Crippen molar-refractivity contribution in [3.63, 3.8) is 0 Å². The van der Waals surface area contributed by atoms with Gasteiger partial charge in [0.15, 0.2) is 0 Å². The van der Waals surface area contributed by atoms with Crippen LogP contribution in [0.2, 0.25) is 0 Å². The van der Waals surface area contributed by atoms with E-state index in [-0.39, 0.29) is 17.7 Å². The van der Waals surface area contributed by atoms with Gasteiger partial charge in [0.1, 0.15) is 23.0 Å². The van der Waals surface area contributed by atoms with Gasteiger partial charge in [-0.15, -0.1) is 0 Å². The second-order valence-electron chi connectivity index (χ2n) is 10.0. The summed E-state index contributed by atoms with van der Waals surface area (Å²) in [5.41, 5.74) is 3.86. The number of rotatable bonds is 7. The van der Waals surface area contributed by atoms with Crippen molar-refractivity contribution in [2.45, 2.75) is 71.7 Å². The molecule has 3 atom stereocenters. The third-order valence-electron chi connectivity index (χ3n) is 7.27. The van der Waals surface area contributed by atoms with Crippen LogP contribution in [0.4, 0.5) is 5.69 Å². The lowest BCUT2D eigenvalue weighted by Gasteiger charge is -2.49. The Hall–Kier alpha value is -3.37. The SMILES string of the molecule is CCC(c1ccc(OC(C)C)cc1)N1C[C@H](C)N(c2cc(=O)n(C)c3ccc(C#N)nc23)C[C@@H]1CC. The second-order valence-corrected chi connectivity index (χ2v) is 10.0. The van der Waals surface area contributed by atoms with Crippen LogP contribution in [0.1, 0.15) is 64.8 Å². The maximum atomic E-state index is 12.8. The fourth-order valence-corrected chi connectivity index (χ4v) is 5.44. The molecule has 1 aliphatic heterocycles. The number of pyridine rings is 2. The monoisotopic (exact) mass is 487 g/mol. The molecule has 0 bridgehead atoms. The molecule has 2 aromatic heterocycles. The molecule has 190 valence electrons. The van der Waals surface area contributed by atoms with Gasteiger partial charge in [-0.25, -0.2) is 4.98 Å². The van der Waals surface area contributed by atoms with Crippen LogP contribution < -0.4 is 15.2 Å². The standard InChI is InChI=1S/C29H37N5O2/c1-7-23-18-33(27-15-28(35)32(6)26-14-11-22(16-30)31-29(26)27)20(5)17-34(23)25(8-2)21-9-12-24(13-10-21)36-19(3)4/h9-15,19-20,23,25H,7-8,17-18H2,1-6H3/t20-,23-,25?/m0/s1. The Labute approximate surface area is 213 Å². The number of fused-ring (bicyclic) bond motifs is 1. The Morgan fingerprint density at radius 1 is 1.14 bits per heavy atom. The largest absolute Gasteiger partial charge is 0.491 e. The Morgan fingerprint density at radius 3 is 2.47 bits per heavy atom. The summed E-state index contributed by atoms with van der Waals surface area (Å²) in [4.78, 5) is 22.4. The molecule has 1 aromatic carbocycles. The molecular weight excluding hydrogens is 450 g/mol. The minimum atomic E-state index is -0.0678. The van der Waals surface area contributed by atoms with E-state index in [1.807, 2.05) is 19.9 Å². The van der Waals surface area contributed by atoms with E-state index >= 15 is 0 Å². The number of hydrogen-bond donors (Lipinski definition) is 0. The Bertz CT molecular complexity index is 1310. The summed E-state index contributed by atoms with van der Waals surface area (Å²) >= 11 is 0. The molecule has 1 unspecified atom stereocenters. The number of piperazine rings is 1. The first-order valence-electron chi connectivity index (χ1n) is 13.0. The fourth-order valence-electron chi connectivity index (χ4n) is 5.44. The number of aromatic nitrogens is 2. The van der Waals surface area contributed by atoms with Gasteiger partial charge in [0, 0.05) is 44.3 Å². The highest BCUT2D eigenvalue weighted by molar-refractivity contribution is 5.89. The van der Waals surface area contributed by atoms with Crippen LogP contribution >= 0.6 is 0 Å². The highest BCUT2D eigenvalue weighted by Gasteiger charge is 2.36. The normalized spacial score (nSPS) is 19.4. The molecule has 0 spiro atoms. The summed E-state index contributed by atoms with van der Waals surface area (Å²) in [6.45, 7) is 12.4. The molecule has 3 aromatic rings. The van der Waals surface area contributed by atoms with E-state index < -0.39 is 0 Å². The lowest BCUT2D eigenvalue weighted by atomic mass is 9.95. The van der Waals surface area contributed by atoms with Crippen molar-refractivity contribution in [3.8, 4) is 11.8 Å². The smallest absolute Gasteiger partial charge is 0.252 e. The van der Waals surface area contributed by atoms with E-state index in [0.717, 1.165) is 42.9 Å². The van der Waals surface area contributed by atoms with Crippen LogP contribution in [-0.4, -0.2) is 45.7 Å². The number of benzene rings is 1. The molecule has 4 rings (SSSR count). The predicted molar refractivity (Wildman–Crippen MR) is 145 cm³/mol. The van der Waals surface area contributed by atoms with Crippen LogP contribution in [-0.2, 0) is 7.05 Å². The highest BCUT2D eigenvalue weighted by atomic mass is 16.5. The van der Waals surface area contributed by atoms with Crippen LogP contribution in [0.15, 0.2) is 47.3 Å². The summed E-state index contributed by atoms with van der Waals surface area (Å²) < 4.78 is 7.45. The molecule has 7 nitrogen and oxygen atoms in total.